The molecule has 90 valence electrons. The molecule has 1 aromatic carbocycles. The van der Waals surface area contributed by atoms with Gasteiger partial charge < -0.3 is 4.52 Å². The van der Waals surface area contributed by atoms with Crippen LogP contribution in [0.2, 0.25) is 0 Å². The summed E-state index contributed by atoms with van der Waals surface area (Å²) >= 11 is 5.58. The quantitative estimate of drug-likeness (QED) is 0.786. The van der Waals surface area contributed by atoms with Crippen LogP contribution in [-0.4, -0.2) is 16.0 Å². The molecular formula is C12H12ClFN2O. The first kappa shape index (κ1) is 12.0. The zero-order valence-electron chi connectivity index (χ0n) is 9.41. The summed E-state index contributed by atoms with van der Waals surface area (Å²) in [6.45, 7) is 1.88. The second kappa shape index (κ2) is 5.27. The molecule has 2 aromatic rings. The summed E-state index contributed by atoms with van der Waals surface area (Å²) < 4.78 is 18.2. The van der Waals surface area contributed by atoms with Crippen molar-refractivity contribution in [2.24, 2.45) is 0 Å². The lowest BCUT2D eigenvalue weighted by atomic mass is 10.1. The van der Waals surface area contributed by atoms with E-state index >= 15 is 0 Å². The molecule has 0 N–H and O–H groups in total. The number of rotatable bonds is 4. The Labute approximate surface area is 104 Å². The Kier molecular flexibility index (Phi) is 3.74. The van der Waals surface area contributed by atoms with E-state index in [1.807, 2.05) is 6.92 Å². The fourth-order valence-electron chi connectivity index (χ4n) is 1.52. The summed E-state index contributed by atoms with van der Waals surface area (Å²) in [4.78, 5) is 4.22. The minimum Gasteiger partial charge on any atom is -0.339 e. The van der Waals surface area contributed by atoms with Crippen molar-refractivity contribution in [3.8, 4) is 11.4 Å². The molecule has 0 radical (unpaired) electrons. The molecule has 0 saturated heterocycles. The molecule has 0 aliphatic heterocycles. The van der Waals surface area contributed by atoms with Crippen LogP contribution < -0.4 is 0 Å². The molecule has 0 bridgehead atoms. The smallest absolute Gasteiger partial charge is 0.227 e. The van der Waals surface area contributed by atoms with Gasteiger partial charge in [0, 0.05) is 17.9 Å². The molecule has 0 atom stereocenters. The Morgan fingerprint density at radius 2 is 2.24 bits per heavy atom. The van der Waals surface area contributed by atoms with Crippen LogP contribution in [0.15, 0.2) is 22.7 Å². The van der Waals surface area contributed by atoms with Gasteiger partial charge in [0.15, 0.2) is 0 Å². The van der Waals surface area contributed by atoms with Crippen molar-refractivity contribution in [1.82, 2.24) is 10.1 Å². The van der Waals surface area contributed by atoms with E-state index in [2.05, 4.69) is 10.1 Å². The van der Waals surface area contributed by atoms with Gasteiger partial charge in [0.1, 0.15) is 5.82 Å². The number of halogens is 2. The Hall–Kier alpha value is -1.42. The molecule has 0 unspecified atom stereocenters. The largest absolute Gasteiger partial charge is 0.339 e. The molecule has 17 heavy (non-hydrogen) atoms. The van der Waals surface area contributed by atoms with Crippen LogP contribution in [0.5, 0.6) is 0 Å². The summed E-state index contributed by atoms with van der Waals surface area (Å²) in [7, 11) is 0. The van der Waals surface area contributed by atoms with Gasteiger partial charge in [0.05, 0.1) is 0 Å². The van der Waals surface area contributed by atoms with Gasteiger partial charge in [-0.05, 0) is 31.0 Å². The molecule has 2 rings (SSSR count). The lowest BCUT2D eigenvalue weighted by Gasteiger charge is -1.99. The summed E-state index contributed by atoms with van der Waals surface area (Å²) in [5, 5.41) is 3.85. The fraction of sp³-hybridized carbons (Fsp3) is 0.333. The van der Waals surface area contributed by atoms with Crippen LogP contribution in [0.1, 0.15) is 17.9 Å². The van der Waals surface area contributed by atoms with E-state index in [0.717, 1.165) is 12.0 Å². The number of hydrogen-bond acceptors (Lipinski definition) is 3. The molecule has 0 spiro atoms. The molecular weight excluding hydrogens is 243 g/mol. The molecule has 0 amide bonds. The highest BCUT2D eigenvalue weighted by Crippen LogP contribution is 2.21. The fourth-order valence-corrected chi connectivity index (χ4v) is 1.65. The summed E-state index contributed by atoms with van der Waals surface area (Å²) in [5.41, 5.74) is 1.57. The van der Waals surface area contributed by atoms with Crippen LogP contribution in [-0.2, 0) is 6.42 Å². The van der Waals surface area contributed by atoms with Gasteiger partial charge in [-0.3, -0.25) is 0 Å². The van der Waals surface area contributed by atoms with Crippen LogP contribution in [0.3, 0.4) is 0 Å². The summed E-state index contributed by atoms with van der Waals surface area (Å²) in [6, 6.07) is 4.51. The molecule has 5 heteroatoms. The van der Waals surface area contributed by atoms with Gasteiger partial charge in [0.25, 0.3) is 0 Å². The lowest BCUT2D eigenvalue weighted by molar-refractivity contribution is 0.378. The van der Waals surface area contributed by atoms with Gasteiger partial charge in [-0.1, -0.05) is 11.2 Å². The van der Waals surface area contributed by atoms with Crippen LogP contribution >= 0.6 is 11.6 Å². The molecule has 0 aliphatic carbocycles. The standard InChI is InChI=1S/C12H12ClFN2O/c1-8-4-5-9(14)7-10(8)12-15-11(17-16-12)3-2-6-13/h4-5,7H,2-3,6H2,1H3. The van der Waals surface area contributed by atoms with Crippen LogP contribution in [0.4, 0.5) is 4.39 Å². The SMILES string of the molecule is Cc1ccc(F)cc1-c1noc(CCCCl)n1. The van der Waals surface area contributed by atoms with Crippen molar-refractivity contribution in [2.75, 3.05) is 5.88 Å². The highest BCUT2D eigenvalue weighted by molar-refractivity contribution is 6.17. The predicted molar refractivity (Wildman–Crippen MR) is 63.5 cm³/mol. The van der Waals surface area contributed by atoms with E-state index in [1.165, 1.54) is 12.1 Å². The van der Waals surface area contributed by atoms with E-state index in [9.17, 15) is 4.39 Å². The first-order valence-electron chi connectivity index (χ1n) is 5.36. The minimum absolute atomic E-state index is 0.308. The first-order valence-corrected chi connectivity index (χ1v) is 5.89. The first-order chi connectivity index (χ1) is 8.20. The molecule has 1 heterocycles. The third kappa shape index (κ3) is 2.82. The third-order valence-corrected chi connectivity index (χ3v) is 2.70. The Morgan fingerprint density at radius 3 is 3.00 bits per heavy atom. The van der Waals surface area contributed by atoms with Gasteiger partial charge in [-0.25, -0.2) is 4.39 Å². The maximum atomic E-state index is 13.1. The average Bonchev–Trinajstić information content (AvgIpc) is 2.78. The van der Waals surface area contributed by atoms with Gasteiger partial charge >= 0.3 is 0 Å². The molecule has 0 aliphatic rings. The van der Waals surface area contributed by atoms with E-state index in [0.29, 0.717) is 29.6 Å². The van der Waals surface area contributed by atoms with Crippen molar-refractivity contribution in [3.63, 3.8) is 0 Å². The zero-order valence-corrected chi connectivity index (χ0v) is 10.2. The summed E-state index contributed by atoms with van der Waals surface area (Å²) in [6.07, 6.45) is 1.43. The monoisotopic (exact) mass is 254 g/mol. The van der Waals surface area contributed by atoms with Crippen LogP contribution in [0, 0.1) is 12.7 Å². The second-order valence-corrected chi connectivity index (χ2v) is 4.14. The average molecular weight is 255 g/mol. The zero-order chi connectivity index (χ0) is 12.3. The van der Waals surface area contributed by atoms with Gasteiger partial charge in [-0.2, -0.15) is 4.98 Å². The number of benzene rings is 1. The highest BCUT2D eigenvalue weighted by atomic mass is 35.5. The maximum Gasteiger partial charge on any atom is 0.227 e. The molecule has 3 nitrogen and oxygen atoms in total. The topological polar surface area (TPSA) is 38.9 Å². The van der Waals surface area contributed by atoms with Gasteiger partial charge in [-0.15, -0.1) is 11.6 Å². The predicted octanol–water partition coefficient (Wildman–Crippen LogP) is 3.36. The van der Waals surface area contributed by atoms with Crippen molar-refractivity contribution < 1.29 is 8.91 Å². The normalized spacial score (nSPS) is 10.8. The molecule has 1 aromatic heterocycles. The molecule has 0 fully saturated rings. The van der Waals surface area contributed by atoms with E-state index in [-0.39, 0.29) is 5.82 Å². The van der Waals surface area contributed by atoms with Crippen molar-refractivity contribution in [3.05, 3.63) is 35.5 Å². The Balaban J connectivity index is 2.27. The Bertz CT molecular complexity index is 513. The van der Waals surface area contributed by atoms with Crippen molar-refractivity contribution >= 4 is 11.6 Å². The highest BCUT2D eigenvalue weighted by Gasteiger charge is 2.11. The minimum atomic E-state index is -0.308. The third-order valence-electron chi connectivity index (χ3n) is 2.43. The van der Waals surface area contributed by atoms with Crippen molar-refractivity contribution in [1.29, 1.82) is 0 Å². The van der Waals surface area contributed by atoms with Gasteiger partial charge in [0.2, 0.25) is 11.7 Å². The second-order valence-electron chi connectivity index (χ2n) is 3.76. The molecule has 0 saturated carbocycles. The summed E-state index contributed by atoms with van der Waals surface area (Å²) in [5.74, 6) is 1.20. The number of hydrogen-bond donors (Lipinski definition) is 0. The van der Waals surface area contributed by atoms with E-state index in [4.69, 9.17) is 16.1 Å². The number of aromatic nitrogens is 2. The number of aryl methyl sites for hydroxylation is 2. The lowest BCUT2D eigenvalue weighted by Crippen LogP contribution is -1.89. The van der Waals surface area contributed by atoms with Crippen LogP contribution in [0.25, 0.3) is 11.4 Å². The Morgan fingerprint density at radius 1 is 1.41 bits per heavy atom. The maximum absolute atomic E-state index is 13.1. The number of nitrogens with zero attached hydrogens (tertiary/aromatic N) is 2. The van der Waals surface area contributed by atoms with Crippen molar-refractivity contribution in [2.45, 2.75) is 19.8 Å². The van der Waals surface area contributed by atoms with E-state index in [1.54, 1.807) is 6.07 Å². The number of alkyl halides is 1. The van der Waals surface area contributed by atoms with E-state index < -0.39 is 0 Å².